The van der Waals surface area contributed by atoms with E-state index in [1.54, 1.807) is 41.3 Å². The van der Waals surface area contributed by atoms with Crippen LogP contribution in [0.15, 0.2) is 42.5 Å². The lowest BCUT2D eigenvalue weighted by Gasteiger charge is -2.36. The minimum Gasteiger partial charge on any atom is -0.507 e. The molecule has 1 saturated heterocycles. The highest BCUT2D eigenvalue weighted by atomic mass is 16.5. The molecule has 1 atom stereocenters. The summed E-state index contributed by atoms with van der Waals surface area (Å²) in [5.74, 6) is -0.0260. The van der Waals surface area contributed by atoms with Crippen LogP contribution in [-0.4, -0.2) is 47.7 Å². The Morgan fingerprint density at radius 1 is 1.11 bits per heavy atom. The fraction of sp³-hybridized carbons (Fsp3) is 0.286. The molecule has 1 aliphatic heterocycles. The second-order valence-corrected chi connectivity index (χ2v) is 6.47. The molecule has 3 rings (SSSR count). The van der Waals surface area contributed by atoms with E-state index in [2.05, 4.69) is 0 Å². The fourth-order valence-electron chi connectivity index (χ4n) is 3.35. The molecule has 6 nitrogen and oxygen atoms in total. The van der Waals surface area contributed by atoms with Crippen molar-refractivity contribution >= 4 is 18.5 Å². The van der Waals surface area contributed by atoms with Gasteiger partial charge >= 0.3 is 0 Å². The minimum atomic E-state index is -0.301. The Kier molecular flexibility index (Phi) is 5.86. The molecule has 27 heavy (non-hydrogen) atoms. The molecule has 1 heterocycles. The third kappa shape index (κ3) is 4.00. The first-order valence-corrected chi connectivity index (χ1v) is 8.91. The molecule has 0 saturated carbocycles. The lowest BCUT2D eigenvalue weighted by atomic mass is 9.99. The quantitative estimate of drug-likeness (QED) is 0.793. The predicted octanol–water partition coefficient (Wildman–Crippen LogP) is 3.09. The van der Waals surface area contributed by atoms with Gasteiger partial charge in [-0.25, -0.2) is 0 Å². The predicted molar refractivity (Wildman–Crippen MR) is 99.5 cm³/mol. The number of likely N-dealkylation sites (tertiary alicyclic amines) is 1. The molecular formula is C21H21NO5. The van der Waals surface area contributed by atoms with Gasteiger partial charge < -0.3 is 14.7 Å². The summed E-state index contributed by atoms with van der Waals surface area (Å²) < 4.78 is 5.82. The second-order valence-electron chi connectivity index (χ2n) is 6.47. The molecule has 1 N–H and O–H groups in total. The normalized spacial score (nSPS) is 16.6. The monoisotopic (exact) mass is 367 g/mol. The number of ether oxygens (including phenoxy) is 1. The number of piperidine rings is 1. The largest absolute Gasteiger partial charge is 0.507 e. The summed E-state index contributed by atoms with van der Waals surface area (Å²) in [6, 6.07) is 11.2. The molecule has 0 bridgehead atoms. The molecule has 140 valence electrons. The zero-order chi connectivity index (χ0) is 19.2. The van der Waals surface area contributed by atoms with E-state index in [1.165, 1.54) is 6.07 Å². The minimum absolute atomic E-state index is 0.000887. The molecule has 1 unspecified atom stereocenters. The Labute approximate surface area is 157 Å². The van der Waals surface area contributed by atoms with Crippen LogP contribution >= 0.6 is 0 Å². The van der Waals surface area contributed by atoms with Crippen molar-refractivity contribution in [2.75, 3.05) is 13.2 Å². The Hall–Kier alpha value is -3.15. The van der Waals surface area contributed by atoms with Crippen molar-refractivity contribution < 1.29 is 24.2 Å². The number of phenols is 1. The third-order valence-corrected chi connectivity index (χ3v) is 4.80. The molecule has 6 heteroatoms. The standard InChI is InChI=1S/C21H21NO5/c23-12-15-6-1-2-10-20(15)27-14-16-7-3-4-11-22(16)21(26)17-8-5-9-19(25)18(17)13-24/h1-2,5-6,8-10,12-13,16,25H,3-4,7,11,14H2. The highest BCUT2D eigenvalue weighted by Crippen LogP contribution is 2.25. The number of aldehydes is 2. The van der Waals surface area contributed by atoms with Gasteiger partial charge in [-0.3, -0.25) is 14.4 Å². The van der Waals surface area contributed by atoms with Crippen LogP contribution in [0.4, 0.5) is 0 Å². The zero-order valence-corrected chi connectivity index (χ0v) is 14.8. The molecule has 1 amide bonds. The van der Waals surface area contributed by atoms with Gasteiger partial charge in [0.15, 0.2) is 12.6 Å². The maximum Gasteiger partial charge on any atom is 0.255 e. The number of para-hydroxylation sites is 1. The lowest BCUT2D eigenvalue weighted by molar-refractivity contribution is 0.0525. The number of aromatic hydroxyl groups is 1. The van der Waals surface area contributed by atoms with E-state index in [-0.39, 0.29) is 35.4 Å². The molecule has 2 aromatic carbocycles. The van der Waals surface area contributed by atoms with Crippen molar-refractivity contribution in [3.05, 3.63) is 59.2 Å². The van der Waals surface area contributed by atoms with Crippen molar-refractivity contribution in [1.82, 2.24) is 4.90 Å². The van der Waals surface area contributed by atoms with Crippen molar-refractivity contribution in [3.63, 3.8) is 0 Å². The highest BCUT2D eigenvalue weighted by Gasteiger charge is 2.30. The van der Waals surface area contributed by atoms with Gasteiger partial charge in [0.05, 0.1) is 22.7 Å². The summed E-state index contributed by atoms with van der Waals surface area (Å²) in [7, 11) is 0. The molecule has 0 aromatic heterocycles. The first-order chi connectivity index (χ1) is 13.2. The molecule has 0 spiro atoms. The van der Waals surface area contributed by atoms with Crippen LogP contribution in [0, 0.1) is 0 Å². The van der Waals surface area contributed by atoms with Gasteiger partial charge in [0, 0.05) is 6.54 Å². The van der Waals surface area contributed by atoms with Crippen molar-refractivity contribution in [3.8, 4) is 11.5 Å². The van der Waals surface area contributed by atoms with Gasteiger partial charge in [0.2, 0.25) is 0 Å². The number of hydrogen-bond acceptors (Lipinski definition) is 5. The average Bonchev–Trinajstić information content (AvgIpc) is 2.72. The van der Waals surface area contributed by atoms with Crippen molar-refractivity contribution in [1.29, 1.82) is 0 Å². The van der Waals surface area contributed by atoms with Crippen LogP contribution in [0.5, 0.6) is 11.5 Å². The van der Waals surface area contributed by atoms with E-state index in [0.29, 0.717) is 24.1 Å². The fourth-order valence-corrected chi connectivity index (χ4v) is 3.35. The molecular weight excluding hydrogens is 346 g/mol. The van der Waals surface area contributed by atoms with Gasteiger partial charge in [-0.1, -0.05) is 18.2 Å². The molecule has 2 aromatic rings. The van der Waals surface area contributed by atoms with Gasteiger partial charge in [-0.2, -0.15) is 0 Å². The van der Waals surface area contributed by atoms with E-state index in [1.807, 2.05) is 0 Å². The summed E-state index contributed by atoms with van der Waals surface area (Å²) >= 11 is 0. The van der Waals surface area contributed by atoms with Gasteiger partial charge in [-0.15, -0.1) is 0 Å². The van der Waals surface area contributed by atoms with E-state index >= 15 is 0 Å². The summed E-state index contributed by atoms with van der Waals surface area (Å²) in [5.41, 5.74) is 0.645. The van der Waals surface area contributed by atoms with Crippen molar-refractivity contribution in [2.24, 2.45) is 0 Å². The number of phenolic OH excluding ortho intramolecular Hbond substituents is 1. The van der Waals surface area contributed by atoms with Crippen LogP contribution < -0.4 is 4.74 Å². The van der Waals surface area contributed by atoms with Crippen LogP contribution in [-0.2, 0) is 0 Å². The Bertz CT molecular complexity index is 848. The van der Waals surface area contributed by atoms with Crippen molar-refractivity contribution in [2.45, 2.75) is 25.3 Å². The Balaban J connectivity index is 1.79. The zero-order valence-electron chi connectivity index (χ0n) is 14.8. The highest BCUT2D eigenvalue weighted by molar-refractivity contribution is 6.03. The number of hydrogen-bond donors (Lipinski definition) is 1. The number of benzene rings is 2. The van der Waals surface area contributed by atoms with E-state index in [4.69, 9.17) is 4.74 Å². The molecule has 0 radical (unpaired) electrons. The average molecular weight is 367 g/mol. The summed E-state index contributed by atoms with van der Waals surface area (Å²) in [5, 5.41) is 9.85. The van der Waals surface area contributed by atoms with Gasteiger partial charge in [0.1, 0.15) is 18.1 Å². The lowest BCUT2D eigenvalue weighted by Crippen LogP contribution is -2.47. The maximum atomic E-state index is 13.0. The number of rotatable bonds is 6. The van der Waals surface area contributed by atoms with E-state index < -0.39 is 0 Å². The van der Waals surface area contributed by atoms with Gasteiger partial charge in [-0.05, 0) is 43.5 Å². The number of amides is 1. The third-order valence-electron chi connectivity index (χ3n) is 4.80. The first kappa shape index (κ1) is 18.6. The molecule has 1 aliphatic rings. The first-order valence-electron chi connectivity index (χ1n) is 8.91. The number of carbonyl (C=O) groups excluding carboxylic acids is 3. The maximum absolute atomic E-state index is 13.0. The molecule has 1 fully saturated rings. The summed E-state index contributed by atoms with van der Waals surface area (Å²) in [4.78, 5) is 37.2. The topological polar surface area (TPSA) is 83.9 Å². The van der Waals surface area contributed by atoms with E-state index in [9.17, 15) is 19.5 Å². The van der Waals surface area contributed by atoms with E-state index in [0.717, 1.165) is 25.5 Å². The molecule has 0 aliphatic carbocycles. The summed E-state index contributed by atoms with van der Waals surface area (Å²) in [6.45, 7) is 0.808. The number of nitrogens with zero attached hydrogens (tertiary/aromatic N) is 1. The smallest absolute Gasteiger partial charge is 0.255 e. The van der Waals surface area contributed by atoms with Crippen LogP contribution in [0.25, 0.3) is 0 Å². The van der Waals surface area contributed by atoms with Crippen LogP contribution in [0.1, 0.15) is 50.3 Å². The van der Waals surface area contributed by atoms with Gasteiger partial charge in [0.25, 0.3) is 5.91 Å². The SMILES string of the molecule is O=Cc1ccccc1OCC1CCCCN1C(=O)c1cccc(O)c1C=O. The second kappa shape index (κ2) is 8.49. The number of carbonyl (C=O) groups is 3. The van der Waals surface area contributed by atoms with Crippen LogP contribution in [0.2, 0.25) is 0 Å². The Morgan fingerprint density at radius 3 is 2.70 bits per heavy atom. The summed E-state index contributed by atoms with van der Waals surface area (Å²) in [6.07, 6.45) is 3.83. The van der Waals surface area contributed by atoms with Crippen LogP contribution in [0.3, 0.4) is 0 Å². The Morgan fingerprint density at radius 2 is 1.93 bits per heavy atom.